The van der Waals surface area contributed by atoms with Crippen LogP contribution in [0.1, 0.15) is 25.5 Å². The molecule has 0 fully saturated rings. The van der Waals surface area contributed by atoms with E-state index in [0.717, 1.165) is 17.1 Å². The van der Waals surface area contributed by atoms with Crippen molar-refractivity contribution in [3.8, 4) is 11.5 Å². The molecular formula is C14H23NO3. The van der Waals surface area contributed by atoms with Gasteiger partial charge in [-0.15, -0.1) is 0 Å². The lowest BCUT2D eigenvalue weighted by Gasteiger charge is -2.18. The number of nitrogens with one attached hydrogen (secondary N) is 1. The van der Waals surface area contributed by atoms with Gasteiger partial charge in [-0.05, 0) is 38.6 Å². The van der Waals surface area contributed by atoms with Crippen LogP contribution >= 0.6 is 0 Å². The van der Waals surface area contributed by atoms with E-state index in [2.05, 4.69) is 5.32 Å². The van der Waals surface area contributed by atoms with E-state index in [1.165, 1.54) is 0 Å². The zero-order valence-corrected chi connectivity index (χ0v) is 11.7. The first-order chi connectivity index (χ1) is 8.76. The van der Waals surface area contributed by atoms with Gasteiger partial charge in [-0.3, -0.25) is 0 Å². The molecule has 1 aromatic carbocycles. The van der Waals surface area contributed by atoms with E-state index in [1.807, 2.05) is 39.1 Å². The van der Waals surface area contributed by atoms with Crippen molar-refractivity contribution >= 4 is 0 Å². The molecule has 0 heterocycles. The molecule has 1 aromatic rings. The van der Waals surface area contributed by atoms with Gasteiger partial charge in [0.15, 0.2) is 11.5 Å². The summed E-state index contributed by atoms with van der Waals surface area (Å²) in [5, 5.41) is 3.22. The van der Waals surface area contributed by atoms with E-state index in [9.17, 15) is 0 Å². The van der Waals surface area contributed by atoms with Gasteiger partial charge < -0.3 is 19.5 Å². The SMILES string of the molecule is CCOc1ccc(C(COC)NC)cc1OCC. The van der Waals surface area contributed by atoms with E-state index in [1.54, 1.807) is 7.11 Å². The summed E-state index contributed by atoms with van der Waals surface area (Å²) >= 11 is 0. The second-order valence-corrected chi connectivity index (χ2v) is 3.87. The summed E-state index contributed by atoms with van der Waals surface area (Å²) in [4.78, 5) is 0. The van der Waals surface area contributed by atoms with Gasteiger partial charge in [-0.25, -0.2) is 0 Å². The van der Waals surface area contributed by atoms with Gasteiger partial charge >= 0.3 is 0 Å². The summed E-state index contributed by atoms with van der Waals surface area (Å²) in [6.45, 7) is 5.80. The lowest BCUT2D eigenvalue weighted by molar-refractivity contribution is 0.170. The number of hydrogen-bond acceptors (Lipinski definition) is 4. The van der Waals surface area contributed by atoms with Crippen LogP contribution in [-0.4, -0.2) is 34.0 Å². The number of benzene rings is 1. The predicted octanol–water partition coefficient (Wildman–Crippen LogP) is 2.39. The summed E-state index contributed by atoms with van der Waals surface area (Å²) < 4.78 is 16.3. The Morgan fingerprint density at radius 1 is 1.11 bits per heavy atom. The fourth-order valence-electron chi connectivity index (χ4n) is 1.80. The second kappa shape index (κ2) is 7.95. The molecule has 4 nitrogen and oxygen atoms in total. The van der Waals surface area contributed by atoms with Crippen LogP contribution in [0.5, 0.6) is 11.5 Å². The van der Waals surface area contributed by atoms with Gasteiger partial charge in [-0.1, -0.05) is 6.07 Å². The normalized spacial score (nSPS) is 12.2. The van der Waals surface area contributed by atoms with Crippen LogP contribution in [0, 0.1) is 0 Å². The van der Waals surface area contributed by atoms with Crippen LogP contribution < -0.4 is 14.8 Å². The van der Waals surface area contributed by atoms with Gasteiger partial charge in [0.1, 0.15) is 0 Å². The molecule has 1 N–H and O–H groups in total. The van der Waals surface area contributed by atoms with E-state index in [-0.39, 0.29) is 6.04 Å². The Hall–Kier alpha value is -1.26. The maximum Gasteiger partial charge on any atom is 0.161 e. The average Bonchev–Trinajstić information content (AvgIpc) is 2.38. The number of ether oxygens (including phenoxy) is 3. The highest BCUT2D eigenvalue weighted by Crippen LogP contribution is 2.30. The van der Waals surface area contributed by atoms with Crippen molar-refractivity contribution in [3.05, 3.63) is 23.8 Å². The molecule has 1 unspecified atom stereocenters. The molecular weight excluding hydrogens is 230 g/mol. The first kappa shape index (κ1) is 14.8. The third kappa shape index (κ3) is 3.89. The molecule has 0 aliphatic rings. The second-order valence-electron chi connectivity index (χ2n) is 3.87. The summed E-state index contributed by atoms with van der Waals surface area (Å²) in [5.41, 5.74) is 1.13. The van der Waals surface area contributed by atoms with Crippen molar-refractivity contribution < 1.29 is 14.2 Å². The Balaban J connectivity index is 2.96. The van der Waals surface area contributed by atoms with Crippen LogP contribution in [0.4, 0.5) is 0 Å². The van der Waals surface area contributed by atoms with E-state index in [4.69, 9.17) is 14.2 Å². The van der Waals surface area contributed by atoms with Crippen LogP contribution in [0.25, 0.3) is 0 Å². The topological polar surface area (TPSA) is 39.7 Å². The standard InChI is InChI=1S/C14H23NO3/c1-5-17-13-8-7-11(9-14(13)18-6-2)12(15-3)10-16-4/h7-9,12,15H,5-6,10H2,1-4H3. The van der Waals surface area contributed by atoms with Crippen molar-refractivity contribution in [2.75, 3.05) is 34.0 Å². The van der Waals surface area contributed by atoms with Crippen molar-refractivity contribution in [1.29, 1.82) is 0 Å². The predicted molar refractivity (Wildman–Crippen MR) is 72.5 cm³/mol. The van der Waals surface area contributed by atoms with E-state index in [0.29, 0.717) is 19.8 Å². The molecule has 1 atom stereocenters. The fourth-order valence-corrected chi connectivity index (χ4v) is 1.80. The molecule has 1 rings (SSSR count). The van der Waals surface area contributed by atoms with Gasteiger partial charge in [0.2, 0.25) is 0 Å². The Morgan fingerprint density at radius 2 is 1.78 bits per heavy atom. The molecule has 0 aliphatic heterocycles. The first-order valence-corrected chi connectivity index (χ1v) is 6.32. The van der Waals surface area contributed by atoms with Crippen molar-refractivity contribution in [2.45, 2.75) is 19.9 Å². The maximum absolute atomic E-state index is 5.61. The third-order valence-corrected chi connectivity index (χ3v) is 2.65. The largest absolute Gasteiger partial charge is 0.490 e. The van der Waals surface area contributed by atoms with Gasteiger partial charge in [0, 0.05) is 7.11 Å². The third-order valence-electron chi connectivity index (χ3n) is 2.65. The maximum atomic E-state index is 5.61. The summed E-state index contributed by atoms with van der Waals surface area (Å²) in [5.74, 6) is 1.57. The van der Waals surface area contributed by atoms with Crippen LogP contribution in [0.3, 0.4) is 0 Å². The molecule has 0 radical (unpaired) electrons. The zero-order valence-electron chi connectivity index (χ0n) is 11.7. The summed E-state index contributed by atoms with van der Waals surface area (Å²) in [7, 11) is 3.61. The Morgan fingerprint density at radius 3 is 2.33 bits per heavy atom. The highest BCUT2D eigenvalue weighted by atomic mass is 16.5. The van der Waals surface area contributed by atoms with Gasteiger partial charge in [-0.2, -0.15) is 0 Å². The molecule has 18 heavy (non-hydrogen) atoms. The Bertz CT molecular complexity index is 355. The molecule has 102 valence electrons. The lowest BCUT2D eigenvalue weighted by atomic mass is 10.1. The molecule has 0 aromatic heterocycles. The molecule has 0 amide bonds. The van der Waals surface area contributed by atoms with Crippen molar-refractivity contribution in [1.82, 2.24) is 5.32 Å². The quantitative estimate of drug-likeness (QED) is 0.772. The minimum absolute atomic E-state index is 0.157. The number of likely N-dealkylation sites (N-methyl/N-ethyl adjacent to an activating group) is 1. The Kier molecular flexibility index (Phi) is 6.54. The van der Waals surface area contributed by atoms with Crippen LogP contribution in [0.2, 0.25) is 0 Å². The van der Waals surface area contributed by atoms with E-state index >= 15 is 0 Å². The highest BCUT2D eigenvalue weighted by molar-refractivity contribution is 5.44. The minimum atomic E-state index is 0.157. The van der Waals surface area contributed by atoms with Crippen molar-refractivity contribution in [3.63, 3.8) is 0 Å². The van der Waals surface area contributed by atoms with Crippen LogP contribution in [-0.2, 0) is 4.74 Å². The monoisotopic (exact) mass is 253 g/mol. The van der Waals surface area contributed by atoms with E-state index < -0.39 is 0 Å². The lowest BCUT2D eigenvalue weighted by Crippen LogP contribution is -2.21. The molecule has 0 saturated heterocycles. The van der Waals surface area contributed by atoms with Gasteiger partial charge in [0.05, 0.1) is 25.9 Å². The molecule has 0 spiro atoms. The van der Waals surface area contributed by atoms with Crippen LogP contribution in [0.15, 0.2) is 18.2 Å². The molecule has 4 heteroatoms. The Labute approximate surface area is 109 Å². The fraction of sp³-hybridized carbons (Fsp3) is 0.571. The van der Waals surface area contributed by atoms with Crippen molar-refractivity contribution in [2.24, 2.45) is 0 Å². The molecule has 0 bridgehead atoms. The summed E-state index contributed by atoms with van der Waals surface area (Å²) in [6.07, 6.45) is 0. The average molecular weight is 253 g/mol. The smallest absolute Gasteiger partial charge is 0.161 e. The number of methoxy groups -OCH3 is 1. The minimum Gasteiger partial charge on any atom is -0.490 e. The number of hydrogen-bond donors (Lipinski definition) is 1. The zero-order chi connectivity index (χ0) is 13.4. The van der Waals surface area contributed by atoms with Gasteiger partial charge in [0.25, 0.3) is 0 Å². The molecule has 0 saturated carbocycles. The molecule has 0 aliphatic carbocycles. The number of rotatable bonds is 8. The summed E-state index contributed by atoms with van der Waals surface area (Å²) in [6, 6.07) is 6.15. The first-order valence-electron chi connectivity index (χ1n) is 6.32. The highest BCUT2D eigenvalue weighted by Gasteiger charge is 2.12.